The monoisotopic (exact) mass is 464 g/mol. The largest absolute Gasteiger partial charge is 0.389 e. The number of halogens is 6. The van der Waals surface area contributed by atoms with Crippen LogP contribution in [0.1, 0.15) is 24.4 Å². The summed E-state index contributed by atoms with van der Waals surface area (Å²) in [6, 6.07) is 5.45. The minimum absolute atomic E-state index is 0. The molecular formula is C14H18Br2ClF3N2. The van der Waals surface area contributed by atoms with Crippen LogP contribution in [0.25, 0.3) is 0 Å². The molecule has 8 heteroatoms. The summed E-state index contributed by atoms with van der Waals surface area (Å²) < 4.78 is 39.6. The zero-order valence-corrected chi connectivity index (χ0v) is 15.8. The summed E-state index contributed by atoms with van der Waals surface area (Å²) in [6.07, 6.45) is -4.80. The fourth-order valence-corrected chi connectivity index (χ4v) is 3.49. The lowest BCUT2D eigenvalue weighted by Gasteiger charge is -2.36. The average Bonchev–Trinajstić information content (AvgIpc) is 2.43. The van der Waals surface area contributed by atoms with Gasteiger partial charge in [0.25, 0.3) is 0 Å². The normalized spacial score (nSPS) is 17.9. The number of alkyl halides is 3. The second-order valence-corrected chi connectivity index (χ2v) is 6.89. The van der Waals surface area contributed by atoms with Gasteiger partial charge in [0.15, 0.2) is 0 Å². The summed E-state index contributed by atoms with van der Waals surface area (Å²) in [5.74, 6) is 0. The summed E-state index contributed by atoms with van der Waals surface area (Å²) >= 11 is 6.88. The molecule has 1 fully saturated rings. The highest BCUT2D eigenvalue weighted by Gasteiger charge is 2.32. The fraction of sp³-hybridized carbons (Fsp3) is 0.571. The number of benzene rings is 1. The van der Waals surface area contributed by atoms with Crippen LogP contribution < -0.4 is 5.32 Å². The molecule has 1 atom stereocenters. The summed E-state index contributed by atoms with van der Waals surface area (Å²) in [7, 11) is 0. The zero-order chi connectivity index (χ0) is 15.5. The van der Waals surface area contributed by atoms with E-state index in [2.05, 4.69) is 42.1 Å². The molecule has 1 heterocycles. The van der Waals surface area contributed by atoms with Crippen molar-refractivity contribution in [1.29, 1.82) is 0 Å². The summed E-state index contributed by atoms with van der Waals surface area (Å²) in [4.78, 5) is 2.13. The van der Waals surface area contributed by atoms with Crippen LogP contribution in [0, 0.1) is 0 Å². The first-order valence-corrected chi connectivity index (χ1v) is 8.42. The third kappa shape index (κ3) is 6.00. The van der Waals surface area contributed by atoms with Crippen molar-refractivity contribution in [1.82, 2.24) is 10.2 Å². The first kappa shape index (κ1) is 20.2. The molecule has 2 rings (SSSR count). The number of nitrogens with one attached hydrogen (secondary N) is 1. The average molecular weight is 467 g/mol. The van der Waals surface area contributed by atoms with E-state index in [0.29, 0.717) is 0 Å². The van der Waals surface area contributed by atoms with Gasteiger partial charge < -0.3 is 5.32 Å². The third-order valence-electron chi connectivity index (χ3n) is 3.61. The molecule has 0 spiro atoms. The van der Waals surface area contributed by atoms with Crippen LogP contribution >= 0.6 is 44.3 Å². The van der Waals surface area contributed by atoms with Gasteiger partial charge in [0.1, 0.15) is 0 Å². The van der Waals surface area contributed by atoms with Gasteiger partial charge in [-0.15, -0.1) is 12.4 Å². The quantitative estimate of drug-likeness (QED) is 0.678. The van der Waals surface area contributed by atoms with Gasteiger partial charge in [-0.3, -0.25) is 4.90 Å². The molecule has 1 aliphatic heterocycles. The molecule has 2 nitrogen and oxygen atoms in total. The van der Waals surface area contributed by atoms with E-state index in [0.717, 1.165) is 40.7 Å². The standard InChI is InChI=1S/C14H17Br2F3N2.ClH/c15-10-1-2-12(16)11(9-10)13(3-4-14(17,18)19)21-7-5-20-6-8-21;/h1-2,9,13,20H,3-8H2;1H/t13-;/m1./s1. The number of nitrogens with zero attached hydrogens (tertiary/aromatic N) is 1. The van der Waals surface area contributed by atoms with Gasteiger partial charge in [-0.2, -0.15) is 13.2 Å². The smallest absolute Gasteiger partial charge is 0.314 e. The van der Waals surface area contributed by atoms with Crippen molar-refractivity contribution in [3.8, 4) is 0 Å². The van der Waals surface area contributed by atoms with Crippen molar-refractivity contribution in [3.63, 3.8) is 0 Å². The van der Waals surface area contributed by atoms with Crippen molar-refractivity contribution in [2.45, 2.75) is 25.1 Å². The number of piperazine rings is 1. The fourth-order valence-electron chi connectivity index (χ4n) is 2.60. The van der Waals surface area contributed by atoms with E-state index >= 15 is 0 Å². The molecule has 126 valence electrons. The van der Waals surface area contributed by atoms with Crippen molar-refractivity contribution in [2.24, 2.45) is 0 Å². The van der Waals surface area contributed by atoms with Gasteiger partial charge in [-0.05, 0) is 30.2 Å². The molecule has 0 aromatic heterocycles. The van der Waals surface area contributed by atoms with E-state index < -0.39 is 12.6 Å². The lowest BCUT2D eigenvalue weighted by molar-refractivity contribution is -0.138. The first-order valence-electron chi connectivity index (χ1n) is 6.83. The molecule has 1 aromatic carbocycles. The third-order valence-corrected chi connectivity index (χ3v) is 4.83. The van der Waals surface area contributed by atoms with Crippen LogP contribution in [0.2, 0.25) is 0 Å². The molecule has 0 aliphatic carbocycles. The molecule has 1 aromatic rings. The Balaban J connectivity index is 0.00000242. The molecule has 22 heavy (non-hydrogen) atoms. The van der Waals surface area contributed by atoms with Crippen LogP contribution in [0.15, 0.2) is 27.1 Å². The minimum Gasteiger partial charge on any atom is -0.314 e. The predicted molar refractivity (Wildman–Crippen MR) is 91.6 cm³/mol. The van der Waals surface area contributed by atoms with E-state index in [9.17, 15) is 13.2 Å². The molecule has 0 bridgehead atoms. The van der Waals surface area contributed by atoms with Gasteiger partial charge >= 0.3 is 6.18 Å². The van der Waals surface area contributed by atoms with Crippen LogP contribution in [0.3, 0.4) is 0 Å². The summed E-state index contributed by atoms with van der Waals surface area (Å²) in [5, 5.41) is 3.23. The summed E-state index contributed by atoms with van der Waals surface area (Å²) in [6.45, 7) is 3.16. The Bertz CT molecular complexity index is 480. The van der Waals surface area contributed by atoms with E-state index in [-0.39, 0.29) is 24.9 Å². The number of hydrogen-bond donors (Lipinski definition) is 1. The van der Waals surface area contributed by atoms with Gasteiger partial charge in [-0.1, -0.05) is 31.9 Å². The van der Waals surface area contributed by atoms with Gasteiger partial charge in [0.05, 0.1) is 0 Å². The molecule has 0 radical (unpaired) electrons. The zero-order valence-electron chi connectivity index (χ0n) is 11.8. The van der Waals surface area contributed by atoms with Gasteiger partial charge in [0.2, 0.25) is 0 Å². The maximum Gasteiger partial charge on any atom is 0.389 e. The van der Waals surface area contributed by atoms with Crippen LogP contribution in [-0.2, 0) is 0 Å². The Kier molecular flexibility index (Phi) is 8.16. The minimum atomic E-state index is -4.12. The predicted octanol–water partition coefficient (Wildman–Crippen LogP) is 4.92. The van der Waals surface area contributed by atoms with Crippen LogP contribution in [-0.4, -0.2) is 37.3 Å². The van der Waals surface area contributed by atoms with E-state index in [4.69, 9.17) is 0 Å². The lowest BCUT2D eigenvalue weighted by Crippen LogP contribution is -2.45. The second-order valence-electron chi connectivity index (χ2n) is 5.12. The van der Waals surface area contributed by atoms with Crippen molar-refractivity contribution < 1.29 is 13.2 Å². The number of rotatable bonds is 4. The molecular weight excluding hydrogens is 448 g/mol. The topological polar surface area (TPSA) is 15.3 Å². The molecule has 0 amide bonds. The van der Waals surface area contributed by atoms with E-state index in [1.165, 1.54) is 0 Å². The lowest BCUT2D eigenvalue weighted by atomic mass is 9.99. The SMILES string of the molecule is Cl.FC(F)(F)CC[C@H](c1cc(Br)ccc1Br)N1CCNCC1. The van der Waals surface area contributed by atoms with Crippen LogP contribution in [0.4, 0.5) is 13.2 Å². The first-order chi connectivity index (χ1) is 9.87. The van der Waals surface area contributed by atoms with Crippen LogP contribution in [0.5, 0.6) is 0 Å². The Hall–Kier alpha value is 0.180. The highest BCUT2D eigenvalue weighted by atomic mass is 79.9. The van der Waals surface area contributed by atoms with Crippen molar-refractivity contribution in [3.05, 3.63) is 32.7 Å². The molecule has 1 N–H and O–H groups in total. The van der Waals surface area contributed by atoms with E-state index in [1.807, 2.05) is 18.2 Å². The molecule has 0 unspecified atom stereocenters. The molecule has 1 saturated heterocycles. The van der Waals surface area contributed by atoms with E-state index in [1.54, 1.807) is 0 Å². The Morgan fingerprint density at radius 1 is 1.18 bits per heavy atom. The highest BCUT2D eigenvalue weighted by Crippen LogP contribution is 2.36. The summed E-state index contributed by atoms with van der Waals surface area (Å²) in [5.41, 5.74) is 0.913. The Morgan fingerprint density at radius 3 is 2.41 bits per heavy atom. The maximum atomic E-state index is 12.6. The van der Waals surface area contributed by atoms with Gasteiger partial charge in [0, 0.05) is 47.6 Å². The maximum absolute atomic E-state index is 12.6. The second kappa shape index (κ2) is 8.87. The highest BCUT2D eigenvalue weighted by molar-refractivity contribution is 9.11. The Labute approximate surface area is 151 Å². The van der Waals surface area contributed by atoms with Crippen molar-refractivity contribution >= 4 is 44.3 Å². The van der Waals surface area contributed by atoms with Crippen molar-refractivity contribution in [2.75, 3.05) is 26.2 Å². The molecule has 0 saturated carbocycles. The van der Waals surface area contributed by atoms with Gasteiger partial charge in [-0.25, -0.2) is 0 Å². The Morgan fingerprint density at radius 2 is 1.82 bits per heavy atom. The number of hydrogen-bond acceptors (Lipinski definition) is 2. The molecule has 1 aliphatic rings.